The first-order chi connectivity index (χ1) is 12.9. The van der Waals surface area contributed by atoms with Gasteiger partial charge in [-0.05, 0) is 54.6 Å². The maximum absolute atomic E-state index is 13.2. The van der Waals surface area contributed by atoms with E-state index in [4.69, 9.17) is 14.7 Å². The fourth-order valence-corrected chi connectivity index (χ4v) is 2.48. The molecule has 3 rings (SSSR count). The molecule has 5 nitrogen and oxygen atoms in total. The summed E-state index contributed by atoms with van der Waals surface area (Å²) < 4.78 is 51.0. The number of nitrogens with zero attached hydrogens (tertiary/aromatic N) is 3. The molecule has 27 heavy (non-hydrogen) atoms. The quantitative estimate of drug-likeness (QED) is 0.662. The van der Waals surface area contributed by atoms with Crippen LogP contribution in [0.15, 0.2) is 54.6 Å². The third-order valence-corrected chi connectivity index (χ3v) is 3.77. The molecule has 0 unspecified atom stereocenters. The van der Waals surface area contributed by atoms with Crippen LogP contribution < -0.4 is 9.47 Å². The number of rotatable bonds is 5. The van der Waals surface area contributed by atoms with E-state index in [-0.39, 0.29) is 12.3 Å². The molecule has 0 atom stereocenters. The zero-order valence-corrected chi connectivity index (χ0v) is 14.2. The van der Waals surface area contributed by atoms with Crippen molar-refractivity contribution in [1.29, 1.82) is 5.26 Å². The molecule has 0 fully saturated rings. The molecule has 3 aromatic rings. The number of hydrogen-bond acceptors (Lipinski definition) is 4. The number of aromatic nitrogens is 2. The Morgan fingerprint density at radius 1 is 1.04 bits per heavy atom. The average Bonchev–Trinajstić information content (AvgIpc) is 3.13. The van der Waals surface area contributed by atoms with E-state index in [0.717, 1.165) is 6.07 Å². The summed E-state index contributed by atoms with van der Waals surface area (Å²) in [6.45, 7) is -0.110. The minimum atomic E-state index is -4.57. The summed E-state index contributed by atoms with van der Waals surface area (Å²) in [6.07, 6.45) is -4.57. The van der Waals surface area contributed by atoms with Crippen molar-refractivity contribution in [3.05, 3.63) is 60.3 Å². The van der Waals surface area contributed by atoms with Gasteiger partial charge in [-0.25, -0.2) is 4.68 Å². The van der Waals surface area contributed by atoms with Gasteiger partial charge in [0, 0.05) is 5.56 Å². The molecule has 8 heteroatoms. The second-order valence-electron chi connectivity index (χ2n) is 5.49. The third kappa shape index (κ3) is 4.03. The second-order valence-corrected chi connectivity index (χ2v) is 5.49. The highest BCUT2D eigenvalue weighted by Crippen LogP contribution is 2.34. The van der Waals surface area contributed by atoms with Crippen LogP contribution in [0.2, 0.25) is 0 Å². The fraction of sp³-hybridized carbons (Fsp3) is 0.158. The lowest BCUT2D eigenvalue weighted by Crippen LogP contribution is -2.07. The van der Waals surface area contributed by atoms with Crippen molar-refractivity contribution >= 4 is 0 Å². The van der Waals surface area contributed by atoms with Crippen LogP contribution >= 0.6 is 0 Å². The van der Waals surface area contributed by atoms with Gasteiger partial charge in [-0.2, -0.15) is 23.5 Å². The minimum Gasteiger partial charge on any atom is -0.497 e. The van der Waals surface area contributed by atoms with Crippen molar-refractivity contribution in [2.45, 2.75) is 6.18 Å². The normalized spacial score (nSPS) is 11.1. The van der Waals surface area contributed by atoms with E-state index in [0.29, 0.717) is 22.7 Å². The lowest BCUT2D eigenvalue weighted by molar-refractivity contribution is -0.141. The number of benzene rings is 2. The molecule has 1 aromatic heterocycles. The van der Waals surface area contributed by atoms with Gasteiger partial charge in [0.1, 0.15) is 17.6 Å². The smallest absolute Gasteiger partial charge is 0.435 e. The standard InChI is InChI=1S/C19H14F3N3O2/c1-26-15-8-4-14(5-9-15)25-17(12-18(24-25)19(20,21)22)13-2-6-16(7-3-13)27-11-10-23/h2-9,12H,11H2,1H3. The van der Waals surface area contributed by atoms with Gasteiger partial charge in [-0.15, -0.1) is 0 Å². The summed E-state index contributed by atoms with van der Waals surface area (Å²) >= 11 is 0. The second kappa shape index (κ2) is 7.41. The highest BCUT2D eigenvalue weighted by molar-refractivity contribution is 5.64. The largest absolute Gasteiger partial charge is 0.497 e. The Labute approximate surface area is 153 Å². The van der Waals surface area contributed by atoms with Crippen molar-refractivity contribution in [2.75, 3.05) is 13.7 Å². The van der Waals surface area contributed by atoms with Crippen molar-refractivity contribution < 1.29 is 22.6 Å². The van der Waals surface area contributed by atoms with E-state index in [2.05, 4.69) is 5.10 Å². The molecule has 0 saturated carbocycles. The minimum absolute atomic E-state index is 0.110. The van der Waals surface area contributed by atoms with E-state index in [9.17, 15) is 13.2 Å². The SMILES string of the molecule is COc1ccc(-n2nc(C(F)(F)F)cc2-c2ccc(OCC#N)cc2)cc1. The van der Waals surface area contributed by atoms with Gasteiger partial charge < -0.3 is 9.47 Å². The summed E-state index contributed by atoms with van der Waals surface area (Å²) in [6, 6.07) is 15.8. The summed E-state index contributed by atoms with van der Waals surface area (Å²) in [7, 11) is 1.51. The first-order valence-corrected chi connectivity index (χ1v) is 7.84. The molecule has 0 aliphatic heterocycles. The Morgan fingerprint density at radius 3 is 2.22 bits per heavy atom. The van der Waals surface area contributed by atoms with Crippen molar-refractivity contribution in [3.63, 3.8) is 0 Å². The van der Waals surface area contributed by atoms with E-state index < -0.39 is 11.9 Å². The Bertz CT molecular complexity index is 956. The molecule has 1 heterocycles. The van der Waals surface area contributed by atoms with E-state index >= 15 is 0 Å². The van der Waals surface area contributed by atoms with Crippen LogP contribution in [0, 0.1) is 11.3 Å². The zero-order valence-electron chi connectivity index (χ0n) is 14.2. The summed E-state index contributed by atoms with van der Waals surface area (Å²) in [5, 5.41) is 12.3. The van der Waals surface area contributed by atoms with Crippen molar-refractivity contribution in [3.8, 4) is 34.5 Å². The van der Waals surface area contributed by atoms with E-state index in [1.165, 1.54) is 11.8 Å². The molecule has 0 radical (unpaired) electrons. The van der Waals surface area contributed by atoms with Gasteiger partial charge in [-0.1, -0.05) is 0 Å². The van der Waals surface area contributed by atoms with Crippen LogP contribution in [0.1, 0.15) is 5.69 Å². The van der Waals surface area contributed by atoms with Gasteiger partial charge >= 0.3 is 6.18 Å². The number of methoxy groups -OCH3 is 1. The maximum Gasteiger partial charge on any atom is 0.435 e. The Hall–Kier alpha value is -3.47. The van der Waals surface area contributed by atoms with Crippen molar-refractivity contribution in [2.24, 2.45) is 0 Å². The number of halogens is 3. The van der Waals surface area contributed by atoms with E-state index in [1.807, 2.05) is 6.07 Å². The molecule has 0 spiro atoms. The average molecular weight is 373 g/mol. The van der Waals surface area contributed by atoms with Crippen LogP contribution in [-0.4, -0.2) is 23.5 Å². The number of alkyl halides is 3. The fourth-order valence-electron chi connectivity index (χ4n) is 2.48. The van der Waals surface area contributed by atoms with Crippen LogP contribution in [0.4, 0.5) is 13.2 Å². The van der Waals surface area contributed by atoms with Gasteiger partial charge in [0.2, 0.25) is 0 Å². The molecular formula is C19H14F3N3O2. The molecule has 0 saturated heterocycles. The topological polar surface area (TPSA) is 60.1 Å². The van der Waals surface area contributed by atoms with Gasteiger partial charge in [0.25, 0.3) is 0 Å². The lowest BCUT2D eigenvalue weighted by atomic mass is 10.1. The van der Waals surface area contributed by atoms with Crippen LogP contribution in [0.25, 0.3) is 16.9 Å². The van der Waals surface area contributed by atoms with Crippen LogP contribution in [0.3, 0.4) is 0 Å². The zero-order chi connectivity index (χ0) is 19.4. The van der Waals surface area contributed by atoms with Gasteiger partial charge in [-0.3, -0.25) is 0 Å². The highest BCUT2D eigenvalue weighted by Gasteiger charge is 2.35. The molecule has 0 N–H and O–H groups in total. The lowest BCUT2D eigenvalue weighted by Gasteiger charge is -2.09. The number of hydrogen-bond donors (Lipinski definition) is 0. The molecule has 0 amide bonds. The first kappa shape index (κ1) is 18.3. The summed E-state index contributed by atoms with van der Waals surface area (Å²) in [5.74, 6) is 1.04. The molecule has 138 valence electrons. The van der Waals surface area contributed by atoms with Crippen LogP contribution in [0.5, 0.6) is 11.5 Å². The Kier molecular flexibility index (Phi) is 5.03. The third-order valence-electron chi connectivity index (χ3n) is 3.77. The summed E-state index contributed by atoms with van der Waals surface area (Å²) in [4.78, 5) is 0. The highest BCUT2D eigenvalue weighted by atomic mass is 19.4. The van der Waals surface area contributed by atoms with Crippen LogP contribution in [-0.2, 0) is 6.18 Å². The number of ether oxygens (including phenoxy) is 2. The van der Waals surface area contributed by atoms with Gasteiger partial charge in [0.05, 0.1) is 18.5 Å². The van der Waals surface area contributed by atoms with E-state index in [1.54, 1.807) is 48.5 Å². The Morgan fingerprint density at radius 2 is 1.67 bits per heavy atom. The monoisotopic (exact) mass is 373 g/mol. The predicted octanol–water partition coefficient (Wildman–Crippen LogP) is 4.47. The molecule has 0 aliphatic rings. The van der Waals surface area contributed by atoms with Gasteiger partial charge in [0.15, 0.2) is 12.3 Å². The Balaban J connectivity index is 2.05. The summed E-state index contributed by atoms with van der Waals surface area (Å²) in [5.41, 5.74) is 0.279. The molecule has 2 aromatic carbocycles. The molecule has 0 bridgehead atoms. The molecular weight excluding hydrogens is 359 g/mol. The maximum atomic E-state index is 13.2. The number of nitriles is 1. The predicted molar refractivity (Wildman–Crippen MR) is 91.7 cm³/mol. The first-order valence-electron chi connectivity index (χ1n) is 7.84. The molecule has 0 aliphatic carbocycles. The van der Waals surface area contributed by atoms with Crippen molar-refractivity contribution in [1.82, 2.24) is 9.78 Å².